The standard InChI is InChI=1S/C19H20ClN3O3/c1-12-6-7-13(20)8-17(12)22-19(25)21-14-9-18(24)23(11-14)15-4-3-5-16(10-15)26-2/h3-8,10,14H,9,11H2,1-2H3,(H2,21,22,25)/t14-/m0/s1. The van der Waals surface area contributed by atoms with Gasteiger partial charge >= 0.3 is 6.03 Å². The van der Waals surface area contributed by atoms with E-state index in [1.807, 2.05) is 31.2 Å². The molecule has 0 saturated carbocycles. The molecule has 1 saturated heterocycles. The predicted molar refractivity (Wildman–Crippen MR) is 102 cm³/mol. The number of benzene rings is 2. The Balaban J connectivity index is 1.63. The van der Waals surface area contributed by atoms with Crippen LogP contribution in [0.5, 0.6) is 5.75 Å². The molecule has 0 radical (unpaired) electrons. The van der Waals surface area contributed by atoms with Crippen molar-refractivity contribution < 1.29 is 14.3 Å². The number of halogens is 1. The minimum absolute atomic E-state index is 0.0394. The van der Waals surface area contributed by atoms with Crippen LogP contribution < -0.4 is 20.3 Å². The molecular weight excluding hydrogens is 354 g/mol. The molecule has 0 bridgehead atoms. The summed E-state index contributed by atoms with van der Waals surface area (Å²) in [6, 6.07) is 12.0. The van der Waals surface area contributed by atoms with Gasteiger partial charge in [-0.2, -0.15) is 0 Å². The van der Waals surface area contributed by atoms with Crippen molar-refractivity contribution in [1.82, 2.24) is 5.32 Å². The molecule has 136 valence electrons. The van der Waals surface area contributed by atoms with Crippen LogP contribution in [-0.2, 0) is 4.79 Å². The molecule has 1 fully saturated rings. The number of aryl methyl sites for hydroxylation is 1. The van der Waals surface area contributed by atoms with Crippen LogP contribution in [-0.4, -0.2) is 31.6 Å². The molecule has 0 aliphatic carbocycles. The summed E-state index contributed by atoms with van der Waals surface area (Å²) in [6.07, 6.45) is 0.249. The molecular formula is C19H20ClN3O3. The maximum atomic E-state index is 12.3. The van der Waals surface area contributed by atoms with Crippen molar-refractivity contribution in [2.45, 2.75) is 19.4 Å². The molecule has 7 heteroatoms. The Hall–Kier alpha value is -2.73. The first-order valence-corrected chi connectivity index (χ1v) is 8.62. The van der Waals surface area contributed by atoms with Gasteiger partial charge in [0.1, 0.15) is 5.75 Å². The first kappa shape index (κ1) is 18.1. The summed E-state index contributed by atoms with van der Waals surface area (Å²) < 4.78 is 5.20. The zero-order valence-corrected chi connectivity index (χ0v) is 15.3. The van der Waals surface area contributed by atoms with Crippen LogP contribution in [0.2, 0.25) is 5.02 Å². The van der Waals surface area contributed by atoms with E-state index in [0.29, 0.717) is 23.0 Å². The molecule has 1 aliphatic rings. The van der Waals surface area contributed by atoms with E-state index in [9.17, 15) is 9.59 Å². The van der Waals surface area contributed by atoms with Crippen LogP contribution in [0.15, 0.2) is 42.5 Å². The summed E-state index contributed by atoms with van der Waals surface area (Å²) in [5.74, 6) is 0.642. The van der Waals surface area contributed by atoms with E-state index in [0.717, 1.165) is 11.3 Å². The number of carbonyl (C=O) groups is 2. The van der Waals surface area contributed by atoms with E-state index in [-0.39, 0.29) is 24.4 Å². The summed E-state index contributed by atoms with van der Waals surface area (Å²) >= 11 is 5.97. The lowest BCUT2D eigenvalue weighted by molar-refractivity contribution is -0.117. The molecule has 0 unspecified atom stereocenters. The van der Waals surface area contributed by atoms with Gasteiger partial charge in [0.15, 0.2) is 0 Å². The van der Waals surface area contributed by atoms with Crippen molar-refractivity contribution in [2.75, 3.05) is 23.9 Å². The molecule has 2 N–H and O–H groups in total. The molecule has 26 heavy (non-hydrogen) atoms. The number of rotatable bonds is 4. The maximum Gasteiger partial charge on any atom is 0.319 e. The van der Waals surface area contributed by atoms with Crippen molar-refractivity contribution in [2.24, 2.45) is 0 Å². The van der Waals surface area contributed by atoms with Crippen molar-refractivity contribution in [3.8, 4) is 5.75 Å². The van der Waals surface area contributed by atoms with Gasteiger partial charge in [-0.3, -0.25) is 4.79 Å². The minimum Gasteiger partial charge on any atom is -0.497 e. The zero-order valence-electron chi connectivity index (χ0n) is 14.6. The maximum absolute atomic E-state index is 12.3. The van der Waals surface area contributed by atoms with Crippen LogP contribution in [0, 0.1) is 6.92 Å². The summed E-state index contributed by atoms with van der Waals surface area (Å²) in [4.78, 5) is 26.2. The number of nitrogens with one attached hydrogen (secondary N) is 2. The van der Waals surface area contributed by atoms with Gasteiger partial charge in [0, 0.05) is 35.4 Å². The smallest absolute Gasteiger partial charge is 0.319 e. The number of methoxy groups -OCH3 is 1. The van der Waals surface area contributed by atoms with E-state index in [2.05, 4.69) is 10.6 Å². The predicted octanol–water partition coefficient (Wildman–Crippen LogP) is 3.58. The normalized spacial score (nSPS) is 16.5. The first-order chi connectivity index (χ1) is 12.5. The summed E-state index contributed by atoms with van der Waals surface area (Å²) in [5.41, 5.74) is 2.30. The Bertz CT molecular complexity index is 841. The number of ether oxygens (including phenoxy) is 1. The summed E-state index contributed by atoms with van der Waals surface area (Å²) in [5, 5.41) is 6.17. The van der Waals surface area contributed by atoms with Gasteiger partial charge in [0.2, 0.25) is 5.91 Å². The fourth-order valence-corrected chi connectivity index (χ4v) is 3.08. The highest BCUT2D eigenvalue weighted by Gasteiger charge is 2.31. The Labute approximate surface area is 157 Å². The largest absolute Gasteiger partial charge is 0.497 e. The Morgan fingerprint density at radius 1 is 1.27 bits per heavy atom. The second kappa shape index (κ2) is 7.66. The van der Waals surface area contributed by atoms with Crippen LogP contribution in [0.4, 0.5) is 16.2 Å². The van der Waals surface area contributed by atoms with Gasteiger partial charge < -0.3 is 20.3 Å². The monoisotopic (exact) mass is 373 g/mol. The zero-order chi connectivity index (χ0) is 18.7. The van der Waals surface area contributed by atoms with Gasteiger partial charge in [0.25, 0.3) is 0 Å². The molecule has 6 nitrogen and oxygen atoms in total. The van der Waals surface area contributed by atoms with Crippen molar-refractivity contribution in [3.05, 3.63) is 53.1 Å². The van der Waals surface area contributed by atoms with E-state index in [4.69, 9.17) is 16.3 Å². The number of urea groups is 1. The van der Waals surface area contributed by atoms with E-state index >= 15 is 0 Å². The molecule has 1 aliphatic heterocycles. The van der Waals surface area contributed by atoms with Gasteiger partial charge in [-0.25, -0.2) is 4.79 Å². The fourth-order valence-electron chi connectivity index (χ4n) is 2.90. The highest BCUT2D eigenvalue weighted by Crippen LogP contribution is 2.25. The van der Waals surface area contributed by atoms with Gasteiger partial charge in [-0.05, 0) is 36.8 Å². The van der Waals surface area contributed by atoms with Crippen molar-refractivity contribution in [3.63, 3.8) is 0 Å². The van der Waals surface area contributed by atoms with E-state index in [1.54, 1.807) is 30.2 Å². The first-order valence-electron chi connectivity index (χ1n) is 8.24. The molecule has 2 aromatic rings. The molecule has 1 atom stereocenters. The molecule has 1 heterocycles. The van der Waals surface area contributed by atoms with Crippen LogP contribution in [0.25, 0.3) is 0 Å². The lowest BCUT2D eigenvalue weighted by Gasteiger charge is -2.18. The molecule has 3 amide bonds. The fraction of sp³-hybridized carbons (Fsp3) is 0.263. The SMILES string of the molecule is COc1cccc(N2C[C@@H](NC(=O)Nc3cc(Cl)ccc3C)CC2=O)c1. The van der Waals surface area contributed by atoms with Gasteiger partial charge in [-0.15, -0.1) is 0 Å². The Morgan fingerprint density at radius 3 is 2.85 bits per heavy atom. The third kappa shape index (κ3) is 4.08. The number of amides is 3. The Kier molecular flexibility index (Phi) is 5.32. The molecule has 2 aromatic carbocycles. The average molecular weight is 374 g/mol. The number of hydrogen-bond acceptors (Lipinski definition) is 3. The highest BCUT2D eigenvalue weighted by atomic mass is 35.5. The van der Waals surface area contributed by atoms with Crippen molar-refractivity contribution in [1.29, 1.82) is 0 Å². The van der Waals surface area contributed by atoms with Crippen LogP contribution in [0.3, 0.4) is 0 Å². The Morgan fingerprint density at radius 2 is 2.08 bits per heavy atom. The second-order valence-corrected chi connectivity index (χ2v) is 6.60. The highest BCUT2D eigenvalue weighted by molar-refractivity contribution is 6.31. The summed E-state index contributed by atoms with van der Waals surface area (Å²) in [7, 11) is 1.58. The minimum atomic E-state index is -0.361. The van der Waals surface area contributed by atoms with Crippen LogP contribution >= 0.6 is 11.6 Å². The summed E-state index contributed by atoms with van der Waals surface area (Å²) in [6.45, 7) is 2.30. The van der Waals surface area contributed by atoms with Crippen LogP contribution in [0.1, 0.15) is 12.0 Å². The number of anilines is 2. The third-order valence-corrected chi connectivity index (χ3v) is 4.51. The molecule has 0 spiro atoms. The lowest BCUT2D eigenvalue weighted by Crippen LogP contribution is -2.39. The van der Waals surface area contributed by atoms with Crippen molar-refractivity contribution >= 4 is 34.9 Å². The quantitative estimate of drug-likeness (QED) is 0.860. The van der Waals surface area contributed by atoms with Gasteiger partial charge in [0.05, 0.1) is 13.2 Å². The lowest BCUT2D eigenvalue weighted by atomic mass is 10.2. The second-order valence-electron chi connectivity index (χ2n) is 6.16. The third-order valence-electron chi connectivity index (χ3n) is 4.27. The molecule has 0 aromatic heterocycles. The van der Waals surface area contributed by atoms with Gasteiger partial charge in [-0.1, -0.05) is 23.7 Å². The number of hydrogen-bond donors (Lipinski definition) is 2. The topological polar surface area (TPSA) is 70.7 Å². The number of carbonyl (C=O) groups excluding carboxylic acids is 2. The van der Waals surface area contributed by atoms with E-state index < -0.39 is 0 Å². The average Bonchev–Trinajstić information content (AvgIpc) is 2.98. The van der Waals surface area contributed by atoms with E-state index in [1.165, 1.54) is 0 Å². The number of nitrogens with zero attached hydrogens (tertiary/aromatic N) is 1. The molecule has 3 rings (SSSR count).